The smallest absolute Gasteiger partial charge is 0.143 e. The maximum atomic E-state index is 5.60. The fourth-order valence-electron chi connectivity index (χ4n) is 1.26. The van der Waals surface area contributed by atoms with Crippen LogP contribution >= 0.6 is 0 Å². The maximum Gasteiger partial charge on any atom is 0.143 e. The zero-order chi connectivity index (χ0) is 8.39. The van der Waals surface area contributed by atoms with Gasteiger partial charge in [0.2, 0.25) is 0 Å². The number of hydrogen-bond acceptors (Lipinski definition) is 2. The third-order valence-corrected chi connectivity index (χ3v) is 1.92. The Kier molecular flexibility index (Phi) is 1.74. The molecule has 0 unspecified atom stereocenters. The van der Waals surface area contributed by atoms with Crippen LogP contribution in [0.3, 0.4) is 0 Å². The zero-order valence-corrected chi connectivity index (χ0v) is 6.79. The third-order valence-electron chi connectivity index (χ3n) is 1.92. The Morgan fingerprint density at radius 3 is 3.17 bits per heavy atom. The predicted octanol–water partition coefficient (Wildman–Crippen LogP) is 2.05. The van der Waals surface area contributed by atoms with Gasteiger partial charge in [-0.2, -0.15) is 0 Å². The molecular formula is C10H11NO. The summed E-state index contributed by atoms with van der Waals surface area (Å²) in [6, 6.07) is 7.92. The molecule has 1 N–H and O–H groups in total. The molecule has 62 valence electrons. The van der Waals surface area contributed by atoms with E-state index in [2.05, 4.69) is 11.9 Å². The molecule has 0 aliphatic carbocycles. The fourth-order valence-corrected chi connectivity index (χ4v) is 1.26. The van der Waals surface area contributed by atoms with E-state index in [1.54, 1.807) is 0 Å². The lowest BCUT2D eigenvalue weighted by molar-refractivity contribution is 0.253. The molecule has 0 fully saturated rings. The van der Waals surface area contributed by atoms with Crippen LogP contribution in [-0.4, -0.2) is 12.6 Å². The van der Waals surface area contributed by atoms with Crippen molar-refractivity contribution in [2.75, 3.05) is 11.9 Å². The van der Waals surface area contributed by atoms with E-state index in [-0.39, 0.29) is 6.10 Å². The van der Waals surface area contributed by atoms with Crippen LogP contribution in [0.2, 0.25) is 0 Å². The average Bonchev–Trinajstić information content (AvgIpc) is 2.17. The summed E-state index contributed by atoms with van der Waals surface area (Å²) in [6.07, 6.45) is 1.91. The lowest BCUT2D eigenvalue weighted by Crippen LogP contribution is -2.28. The molecule has 12 heavy (non-hydrogen) atoms. The molecule has 0 bridgehead atoms. The molecule has 2 rings (SSSR count). The lowest BCUT2D eigenvalue weighted by atomic mass is 10.2. The molecule has 0 aromatic heterocycles. The summed E-state index contributed by atoms with van der Waals surface area (Å²) in [5.41, 5.74) is 1.07. The van der Waals surface area contributed by atoms with Gasteiger partial charge in [0, 0.05) is 0 Å². The first-order valence-electron chi connectivity index (χ1n) is 4.02. The van der Waals surface area contributed by atoms with Crippen LogP contribution in [0.5, 0.6) is 5.75 Å². The number of ether oxygens (including phenoxy) is 1. The standard InChI is InChI=1S/C10H11NO/c1-2-8-7-11-9-5-3-4-6-10(9)12-8/h2-6,8,11H,1,7H2/t8-/m0/s1. The third kappa shape index (κ3) is 1.16. The van der Waals surface area contributed by atoms with Crippen LogP contribution in [0.15, 0.2) is 36.9 Å². The number of rotatable bonds is 1. The van der Waals surface area contributed by atoms with E-state index < -0.39 is 0 Å². The van der Waals surface area contributed by atoms with Crippen molar-refractivity contribution in [1.29, 1.82) is 0 Å². The van der Waals surface area contributed by atoms with Crippen LogP contribution < -0.4 is 10.1 Å². The van der Waals surface area contributed by atoms with Crippen LogP contribution in [0.1, 0.15) is 0 Å². The molecule has 1 aromatic carbocycles. The number of fused-ring (bicyclic) bond motifs is 1. The quantitative estimate of drug-likeness (QED) is 0.636. The van der Waals surface area contributed by atoms with Gasteiger partial charge in [0.25, 0.3) is 0 Å². The molecule has 0 amide bonds. The van der Waals surface area contributed by atoms with E-state index in [1.807, 2.05) is 30.3 Å². The summed E-state index contributed by atoms with van der Waals surface area (Å²) < 4.78 is 5.60. The van der Waals surface area contributed by atoms with Crippen molar-refractivity contribution in [3.8, 4) is 5.75 Å². The molecule has 1 atom stereocenters. The van der Waals surface area contributed by atoms with Gasteiger partial charge in [0.1, 0.15) is 11.9 Å². The molecular weight excluding hydrogens is 150 g/mol. The first-order chi connectivity index (χ1) is 5.90. The molecule has 1 aliphatic rings. The molecule has 0 saturated carbocycles. The Hall–Kier alpha value is -1.44. The zero-order valence-electron chi connectivity index (χ0n) is 6.79. The largest absolute Gasteiger partial charge is 0.482 e. The highest BCUT2D eigenvalue weighted by molar-refractivity contribution is 5.57. The van der Waals surface area contributed by atoms with Crippen molar-refractivity contribution in [1.82, 2.24) is 0 Å². The highest BCUT2D eigenvalue weighted by Gasteiger charge is 2.14. The van der Waals surface area contributed by atoms with E-state index in [9.17, 15) is 0 Å². The van der Waals surface area contributed by atoms with Gasteiger partial charge in [-0.1, -0.05) is 18.7 Å². The predicted molar refractivity (Wildman–Crippen MR) is 49.5 cm³/mol. The molecule has 0 radical (unpaired) electrons. The first kappa shape index (κ1) is 7.22. The summed E-state index contributed by atoms with van der Waals surface area (Å²) in [7, 11) is 0. The Balaban J connectivity index is 2.28. The number of benzene rings is 1. The van der Waals surface area contributed by atoms with Crippen molar-refractivity contribution in [3.05, 3.63) is 36.9 Å². The fraction of sp³-hybridized carbons (Fsp3) is 0.200. The molecule has 2 nitrogen and oxygen atoms in total. The van der Waals surface area contributed by atoms with Crippen molar-refractivity contribution < 1.29 is 4.74 Å². The van der Waals surface area contributed by atoms with E-state index in [4.69, 9.17) is 4.74 Å². The highest BCUT2D eigenvalue weighted by Crippen LogP contribution is 2.28. The van der Waals surface area contributed by atoms with Crippen molar-refractivity contribution in [3.63, 3.8) is 0 Å². The van der Waals surface area contributed by atoms with Crippen molar-refractivity contribution >= 4 is 5.69 Å². The van der Waals surface area contributed by atoms with Crippen LogP contribution in [-0.2, 0) is 0 Å². The Bertz CT molecular complexity index is 296. The monoisotopic (exact) mass is 161 g/mol. The van der Waals surface area contributed by atoms with E-state index in [1.165, 1.54) is 0 Å². The number of anilines is 1. The number of nitrogens with one attached hydrogen (secondary N) is 1. The second-order valence-electron chi connectivity index (χ2n) is 2.77. The first-order valence-corrected chi connectivity index (χ1v) is 4.02. The van der Waals surface area contributed by atoms with Gasteiger partial charge in [-0.15, -0.1) is 0 Å². The minimum Gasteiger partial charge on any atom is -0.482 e. The van der Waals surface area contributed by atoms with Crippen molar-refractivity contribution in [2.45, 2.75) is 6.10 Å². The van der Waals surface area contributed by atoms with Gasteiger partial charge >= 0.3 is 0 Å². The molecule has 2 heteroatoms. The number of para-hydroxylation sites is 2. The molecule has 0 saturated heterocycles. The van der Waals surface area contributed by atoms with Crippen molar-refractivity contribution in [2.24, 2.45) is 0 Å². The normalized spacial score (nSPS) is 20.2. The average molecular weight is 161 g/mol. The summed E-state index contributed by atoms with van der Waals surface area (Å²) in [6.45, 7) is 4.50. The van der Waals surface area contributed by atoms with Gasteiger partial charge in [0.05, 0.1) is 12.2 Å². The SMILES string of the molecule is C=C[C@H]1CNc2ccccc2O1. The molecule has 1 aliphatic heterocycles. The molecule has 1 aromatic rings. The summed E-state index contributed by atoms with van der Waals surface area (Å²) >= 11 is 0. The summed E-state index contributed by atoms with van der Waals surface area (Å²) in [5.74, 6) is 0.911. The van der Waals surface area contributed by atoms with Gasteiger partial charge in [-0.25, -0.2) is 0 Å². The highest BCUT2D eigenvalue weighted by atomic mass is 16.5. The lowest BCUT2D eigenvalue weighted by Gasteiger charge is -2.24. The van der Waals surface area contributed by atoms with E-state index >= 15 is 0 Å². The Labute approximate surface area is 71.9 Å². The minimum absolute atomic E-state index is 0.0971. The Morgan fingerprint density at radius 2 is 2.33 bits per heavy atom. The van der Waals surface area contributed by atoms with Gasteiger partial charge in [-0.05, 0) is 18.2 Å². The molecule has 1 heterocycles. The van der Waals surface area contributed by atoms with Crippen LogP contribution in [0.4, 0.5) is 5.69 Å². The Morgan fingerprint density at radius 1 is 1.50 bits per heavy atom. The maximum absolute atomic E-state index is 5.60. The second kappa shape index (κ2) is 2.89. The molecule has 0 spiro atoms. The van der Waals surface area contributed by atoms with Gasteiger partial charge < -0.3 is 10.1 Å². The van der Waals surface area contributed by atoms with Gasteiger partial charge in [0.15, 0.2) is 0 Å². The van der Waals surface area contributed by atoms with E-state index in [0.717, 1.165) is 18.0 Å². The summed E-state index contributed by atoms with van der Waals surface area (Å²) in [5, 5.41) is 3.27. The number of hydrogen-bond donors (Lipinski definition) is 1. The summed E-state index contributed by atoms with van der Waals surface area (Å²) in [4.78, 5) is 0. The van der Waals surface area contributed by atoms with Crippen LogP contribution in [0, 0.1) is 0 Å². The second-order valence-corrected chi connectivity index (χ2v) is 2.77. The topological polar surface area (TPSA) is 21.3 Å². The minimum atomic E-state index is 0.0971. The van der Waals surface area contributed by atoms with Gasteiger partial charge in [-0.3, -0.25) is 0 Å². The van der Waals surface area contributed by atoms with Crippen LogP contribution in [0.25, 0.3) is 0 Å². The van der Waals surface area contributed by atoms with E-state index in [0.29, 0.717) is 0 Å².